The quantitative estimate of drug-likeness (QED) is 0.256. The Hall–Kier alpha value is -1.04. The minimum absolute atomic E-state index is 0.532. The van der Waals surface area contributed by atoms with Crippen LogP contribution in [0.4, 0.5) is 17.6 Å². The second kappa shape index (κ2) is 10.9. The van der Waals surface area contributed by atoms with Gasteiger partial charge in [0.1, 0.15) is 6.61 Å². The van der Waals surface area contributed by atoms with E-state index in [0.717, 1.165) is 6.42 Å². The van der Waals surface area contributed by atoms with Gasteiger partial charge in [-0.1, -0.05) is 57.2 Å². The molecule has 148 valence electrons. The maximum atomic E-state index is 13.9. The summed E-state index contributed by atoms with van der Waals surface area (Å²) in [6.07, 6.45) is 5.32. The Labute approximate surface area is 155 Å². The van der Waals surface area contributed by atoms with Crippen LogP contribution in [0.2, 0.25) is 18.1 Å². The number of aryl methyl sites for hydroxylation is 1. The lowest BCUT2D eigenvalue weighted by Crippen LogP contribution is -2.21. The zero-order valence-corrected chi connectivity index (χ0v) is 16.7. The number of unbranched alkanes of at least 4 members (excludes halogenated alkanes) is 2. The number of hydrogen-bond acceptors (Lipinski definition) is 1. The van der Waals surface area contributed by atoms with E-state index in [1.807, 2.05) is 0 Å². The van der Waals surface area contributed by atoms with Crippen molar-refractivity contribution < 1.29 is 22.3 Å². The average molecular weight is 391 g/mol. The van der Waals surface area contributed by atoms with Gasteiger partial charge in [0.25, 0.3) is 6.43 Å². The highest BCUT2D eigenvalue weighted by Crippen LogP contribution is 2.32. The zero-order valence-electron chi connectivity index (χ0n) is 15.6. The third kappa shape index (κ3) is 6.93. The van der Waals surface area contributed by atoms with E-state index in [-0.39, 0.29) is 0 Å². The van der Waals surface area contributed by atoms with Crippen LogP contribution in [0.25, 0.3) is 0 Å². The lowest BCUT2D eigenvalue weighted by atomic mass is 9.94. The molecule has 0 N–H and O–H groups in total. The predicted octanol–water partition coefficient (Wildman–Crippen LogP) is 6.37. The highest BCUT2D eigenvalue weighted by molar-refractivity contribution is 6.58. The molecule has 0 unspecified atom stereocenters. The molecule has 6 heteroatoms. The van der Waals surface area contributed by atoms with Crippen LogP contribution < -0.4 is 4.74 Å². The molecule has 0 aliphatic carbocycles. The van der Waals surface area contributed by atoms with Gasteiger partial charge in [0, 0.05) is 8.80 Å². The van der Waals surface area contributed by atoms with E-state index in [0.29, 0.717) is 17.9 Å². The largest absolute Gasteiger partial charge is 0.482 e. The molecule has 0 aromatic heterocycles. The summed E-state index contributed by atoms with van der Waals surface area (Å²) in [6.45, 7) is 1.24. The van der Waals surface area contributed by atoms with Crippen molar-refractivity contribution in [2.75, 3.05) is 6.61 Å². The number of ether oxygens (including phenoxy) is 1. The van der Waals surface area contributed by atoms with Crippen molar-refractivity contribution in [3.63, 3.8) is 0 Å². The Balaban J connectivity index is 1.78. The van der Waals surface area contributed by atoms with Crippen molar-refractivity contribution in [3.8, 4) is 5.75 Å². The lowest BCUT2D eigenvalue weighted by Gasteiger charge is -2.27. The van der Waals surface area contributed by atoms with Crippen LogP contribution in [0.15, 0.2) is 12.1 Å². The fraction of sp³-hybridized carbons (Fsp3) is 0.700. The summed E-state index contributed by atoms with van der Waals surface area (Å²) in [5.41, 5.74) is 0.576. The van der Waals surface area contributed by atoms with E-state index >= 15 is 0 Å². The number of alkyl halides is 2. The minimum atomic E-state index is -2.76. The maximum Gasteiger partial charge on any atom is 0.272 e. The Morgan fingerprint density at radius 2 is 1.77 bits per heavy atom. The van der Waals surface area contributed by atoms with Crippen LogP contribution >= 0.6 is 0 Å². The first-order valence-electron chi connectivity index (χ1n) is 9.88. The Kier molecular flexibility index (Phi) is 8.95. The van der Waals surface area contributed by atoms with Crippen molar-refractivity contribution in [2.24, 2.45) is 5.92 Å². The van der Waals surface area contributed by atoms with Crippen LogP contribution in [-0.4, -0.2) is 21.8 Å². The molecule has 1 aromatic carbocycles. The molecule has 0 saturated carbocycles. The SMILES string of the molecule is CCCCC[Si@H]1CC[C@H](CCc2cc(F)c(OCC(F)F)c(F)c2)CC1. The molecular formula is C20H30F4OSi. The summed E-state index contributed by atoms with van der Waals surface area (Å²) in [5.74, 6) is -1.85. The van der Waals surface area contributed by atoms with Crippen LogP contribution in [0.5, 0.6) is 5.75 Å². The second-order valence-corrected chi connectivity index (χ2v) is 11.0. The van der Waals surface area contributed by atoms with Gasteiger partial charge in [0.05, 0.1) is 0 Å². The number of rotatable bonds is 10. The van der Waals surface area contributed by atoms with E-state index in [4.69, 9.17) is 0 Å². The summed E-state index contributed by atoms with van der Waals surface area (Å²) in [7, 11) is -0.532. The van der Waals surface area contributed by atoms with Crippen molar-refractivity contribution in [2.45, 2.75) is 76.4 Å². The Morgan fingerprint density at radius 1 is 1.12 bits per heavy atom. The molecule has 1 heterocycles. The van der Waals surface area contributed by atoms with Gasteiger partial charge in [-0.25, -0.2) is 17.6 Å². The molecule has 1 aliphatic heterocycles. The molecule has 1 fully saturated rings. The van der Waals surface area contributed by atoms with Crippen molar-refractivity contribution in [1.29, 1.82) is 0 Å². The first-order valence-corrected chi connectivity index (χ1v) is 12.3. The van der Waals surface area contributed by atoms with Gasteiger partial charge < -0.3 is 4.74 Å². The molecule has 1 nitrogen and oxygen atoms in total. The lowest BCUT2D eigenvalue weighted by molar-refractivity contribution is 0.0777. The molecule has 1 aliphatic rings. The van der Waals surface area contributed by atoms with E-state index in [1.165, 1.54) is 62.4 Å². The van der Waals surface area contributed by atoms with E-state index in [9.17, 15) is 17.6 Å². The van der Waals surface area contributed by atoms with Crippen molar-refractivity contribution in [3.05, 3.63) is 29.3 Å². The van der Waals surface area contributed by atoms with E-state index in [1.54, 1.807) is 0 Å². The molecule has 2 rings (SSSR count). The summed E-state index contributed by atoms with van der Waals surface area (Å²) in [5, 5.41) is 0. The van der Waals surface area contributed by atoms with Gasteiger partial charge in [-0.3, -0.25) is 0 Å². The molecule has 0 radical (unpaired) electrons. The van der Waals surface area contributed by atoms with Crippen LogP contribution in [0.1, 0.15) is 51.0 Å². The number of benzene rings is 1. The fourth-order valence-corrected chi connectivity index (χ4v) is 7.52. The Morgan fingerprint density at radius 3 is 2.35 bits per heavy atom. The predicted molar refractivity (Wildman–Crippen MR) is 100.0 cm³/mol. The number of hydrogen-bond donors (Lipinski definition) is 0. The normalized spacial score (nSPS) is 20.5. The van der Waals surface area contributed by atoms with Crippen LogP contribution in [-0.2, 0) is 6.42 Å². The van der Waals surface area contributed by atoms with Gasteiger partial charge in [0.15, 0.2) is 17.4 Å². The van der Waals surface area contributed by atoms with Gasteiger partial charge in [-0.2, -0.15) is 0 Å². The zero-order chi connectivity index (χ0) is 18.9. The monoisotopic (exact) mass is 390 g/mol. The van der Waals surface area contributed by atoms with Crippen molar-refractivity contribution in [1.82, 2.24) is 0 Å². The third-order valence-corrected chi connectivity index (χ3v) is 8.96. The minimum Gasteiger partial charge on any atom is -0.482 e. The topological polar surface area (TPSA) is 9.23 Å². The van der Waals surface area contributed by atoms with Gasteiger partial charge in [-0.15, -0.1) is 0 Å². The second-order valence-electron chi connectivity index (χ2n) is 7.51. The smallest absolute Gasteiger partial charge is 0.272 e. The maximum absolute atomic E-state index is 13.9. The van der Waals surface area contributed by atoms with Gasteiger partial charge >= 0.3 is 0 Å². The number of halogens is 4. The summed E-state index contributed by atoms with van der Waals surface area (Å²) in [6, 6.07) is 6.70. The molecule has 1 saturated heterocycles. The first kappa shape index (κ1) is 21.3. The van der Waals surface area contributed by atoms with Gasteiger partial charge in [-0.05, 0) is 36.5 Å². The molecule has 0 spiro atoms. The molecular weight excluding hydrogens is 360 g/mol. The third-order valence-electron chi connectivity index (χ3n) is 5.44. The molecule has 26 heavy (non-hydrogen) atoms. The molecule has 0 bridgehead atoms. The van der Waals surface area contributed by atoms with Gasteiger partial charge in [0.2, 0.25) is 0 Å². The molecule has 0 atom stereocenters. The standard InChI is InChI=1S/C20H30F4OSi/c1-2-3-4-9-26-10-7-15(8-11-26)5-6-16-12-17(21)20(18(22)13-16)25-14-19(23)24/h12-13,15,19,26H,2-11,14H2,1H3/t15-,26-. The van der Waals surface area contributed by atoms with Crippen LogP contribution in [0.3, 0.4) is 0 Å². The highest BCUT2D eigenvalue weighted by atomic mass is 28.3. The summed E-state index contributed by atoms with van der Waals surface area (Å²) < 4.78 is 56.7. The van der Waals surface area contributed by atoms with Crippen LogP contribution in [0, 0.1) is 17.6 Å². The summed E-state index contributed by atoms with van der Waals surface area (Å²) >= 11 is 0. The van der Waals surface area contributed by atoms with E-state index < -0.39 is 39.2 Å². The fourth-order valence-electron chi connectivity index (χ4n) is 3.90. The molecule has 1 aromatic rings. The van der Waals surface area contributed by atoms with E-state index in [2.05, 4.69) is 11.7 Å². The molecule has 0 amide bonds. The average Bonchev–Trinajstić information content (AvgIpc) is 2.60. The first-order chi connectivity index (χ1) is 12.5. The summed E-state index contributed by atoms with van der Waals surface area (Å²) in [4.78, 5) is 0. The Bertz CT molecular complexity index is 522. The highest BCUT2D eigenvalue weighted by Gasteiger charge is 2.22. The van der Waals surface area contributed by atoms with Crippen molar-refractivity contribution >= 4 is 8.80 Å².